The molecule has 1 aromatic carbocycles. The van der Waals surface area contributed by atoms with Crippen LogP contribution in [0, 0.1) is 12.8 Å². The molecule has 0 aliphatic heterocycles. The molecule has 154 valence electrons. The zero-order valence-corrected chi connectivity index (χ0v) is 18.4. The van der Waals surface area contributed by atoms with Crippen molar-refractivity contribution < 1.29 is 4.74 Å². The lowest BCUT2D eigenvalue weighted by atomic mass is 9.76. The molecule has 0 spiro atoms. The van der Waals surface area contributed by atoms with Gasteiger partial charge in [0.15, 0.2) is 0 Å². The smallest absolute Gasteiger partial charge is 0.119 e. The summed E-state index contributed by atoms with van der Waals surface area (Å²) in [5.74, 6) is 2.84. The van der Waals surface area contributed by atoms with Gasteiger partial charge in [0, 0.05) is 0 Å². The Bertz CT molecular complexity index is 499. The van der Waals surface area contributed by atoms with Crippen LogP contribution in [-0.2, 0) is 0 Å². The average molecular weight is 373 g/mol. The van der Waals surface area contributed by atoms with E-state index >= 15 is 0 Å². The summed E-state index contributed by atoms with van der Waals surface area (Å²) < 4.78 is 6.01. The third-order valence-electron chi connectivity index (χ3n) is 6.51. The van der Waals surface area contributed by atoms with E-state index in [2.05, 4.69) is 39.0 Å². The maximum atomic E-state index is 6.01. The SMILES string of the molecule is CCCCCCCCOc1ccc([C@H]2CC[C@H](CCCCC)CC2)c(C)c1. The molecule has 1 aliphatic rings. The average Bonchev–Trinajstić information content (AvgIpc) is 2.68. The molecule has 1 heteroatoms. The van der Waals surface area contributed by atoms with Gasteiger partial charge in [0.25, 0.3) is 0 Å². The number of benzene rings is 1. The van der Waals surface area contributed by atoms with Gasteiger partial charge in [-0.05, 0) is 74.1 Å². The van der Waals surface area contributed by atoms with Crippen LogP contribution in [0.5, 0.6) is 5.75 Å². The first kappa shape index (κ1) is 22.3. The minimum Gasteiger partial charge on any atom is -0.494 e. The van der Waals surface area contributed by atoms with E-state index in [0.29, 0.717) is 0 Å². The molecule has 27 heavy (non-hydrogen) atoms. The quantitative estimate of drug-likeness (QED) is 0.315. The Kier molecular flexibility index (Phi) is 10.9. The molecule has 1 aliphatic carbocycles. The standard InChI is InChI=1S/C26H44O/c1-4-6-8-9-10-12-20-27-25-18-19-26(22(3)21-25)24-16-14-23(15-17-24)13-11-7-5-2/h18-19,21,23-24H,4-17,20H2,1-3H3/t23-,24-. The highest BCUT2D eigenvalue weighted by Gasteiger charge is 2.23. The van der Waals surface area contributed by atoms with E-state index in [1.54, 1.807) is 5.56 Å². The van der Waals surface area contributed by atoms with Crippen molar-refractivity contribution in [3.63, 3.8) is 0 Å². The Morgan fingerprint density at radius 1 is 0.815 bits per heavy atom. The van der Waals surface area contributed by atoms with Gasteiger partial charge in [-0.3, -0.25) is 0 Å². The van der Waals surface area contributed by atoms with Gasteiger partial charge in [-0.25, -0.2) is 0 Å². The van der Waals surface area contributed by atoms with Crippen LogP contribution in [0.15, 0.2) is 18.2 Å². The Hall–Kier alpha value is -0.980. The van der Waals surface area contributed by atoms with Crippen molar-refractivity contribution in [3.05, 3.63) is 29.3 Å². The van der Waals surface area contributed by atoms with Gasteiger partial charge in [-0.2, -0.15) is 0 Å². The van der Waals surface area contributed by atoms with E-state index in [1.807, 2.05) is 0 Å². The van der Waals surface area contributed by atoms with Crippen LogP contribution in [0.2, 0.25) is 0 Å². The minimum absolute atomic E-state index is 0.778. The van der Waals surface area contributed by atoms with E-state index in [0.717, 1.165) is 24.2 Å². The lowest BCUT2D eigenvalue weighted by Crippen LogP contribution is -2.14. The molecule has 0 saturated heterocycles. The van der Waals surface area contributed by atoms with Crippen molar-refractivity contribution in [2.45, 2.75) is 117 Å². The van der Waals surface area contributed by atoms with Crippen LogP contribution >= 0.6 is 0 Å². The van der Waals surface area contributed by atoms with Crippen LogP contribution < -0.4 is 4.74 Å². The van der Waals surface area contributed by atoms with Crippen LogP contribution in [0.1, 0.15) is 121 Å². The third-order valence-corrected chi connectivity index (χ3v) is 6.51. The number of unbranched alkanes of at least 4 members (excludes halogenated alkanes) is 7. The molecule has 1 saturated carbocycles. The minimum atomic E-state index is 0.778. The fourth-order valence-electron chi connectivity index (χ4n) is 4.71. The molecule has 0 heterocycles. The second-order valence-electron chi connectivity index (χ2n) is 8.85. The molecule has 0 amide bonds. The molecular weight excluding hydrogens is 328 g/mol. The van der Waals surface area contributed by atoms with Gasteiger partial charge < -0.3 is 4.74 Å². The second kappa shape index (κ2) is 13.2. The van der Waals surface area contributed by atoms with Gasteiger partial charge >= 0.3 is 0 Å². The predicted octanol–water partition coefficient (Wildman–Crippen LogP) is 8.59. The van der Waals surface area contributed by atoms with Crippen LogP contribution in [0.4, 0.5) is 0 Å². The monoisotopic (exact) mass is 372 g/mol. The normalized spacial score (nSPS) is 20.0. The van der Waals surface area contributed by atoms with E-state index in [-0.39, 0.29) is 0 Å². The largest absolute Gasteiger partial charge is 0.494 e. The highest BCUT2D eigenvalue weighted by Crippen LogP contribution is 2.39. The van der Waals surface area contributed by atoms with Crippen molar-refractivity contribution >= 4 is 0 Å². The number of hydrogen-bond acceptors (Lipinski definition) is 1. The van der Waals surface area contributed by atoms with Crippen molar-refractivity contribution in [1.29, 1.82) is 0 Å². The number of hydrogen-bond donors (Lipinski definition) is 0. The Labute approximate surface area is 169 Å². The number of ether oxygens (including phenoxy) is 1. The Morgan fingerprint density at radius 2 is 1.48 bits per heavy atom. The van der Waals surface area contributed by atoms with Gasteiger partial charge in [0.2, 0.25) is 0 Å². The molecule has 0 N–H and O–H groups in total. The molecule has 2 rings (SSSR count). The fraction of sp³-hybridized carbons (Fsp3) is 0.769. The van der Waals surface area contributed by atoms with E-state index in [4.69, 9.17) is 4.74 Å². The van der Waals surface area contributed by atoms with Gasteiger partial charge in [0.1, 0.15) is 5.75 Å². The van der Waals surface area contributed by atoms with Gasteiger partial charge in [0.05, 0.1) is 6.61 Å². The first-order valence-corrected chi connectivity index (χ1v) is 12.0. The molecule has 0 radical (unpaired) electrons. The van der Waals surface area contributed by atoms with Crippen LogP contribution in [0.25, 0.3) is 0 Å². The van der Waals surface area contributed by atoms with Crippen LogP contribution in [-0.4, -0.2) is 6.61 Å². The van der Waals surface area contributed by atoms with Crippen molar-refractivity contribution in [3.8, 4) is 5.75 Å². The molecular formula is C26H44O. The maximum absolute atomic E-state index is 6.01. The van der Waals surface area contributed by atoms with Crippen molar-refractivity contribution in [2.75, 3.05) is 6.61 Å². The first-order chi connectivity index (χ1) is 13.2. The summed E-state index contributed by atoms with van der Waals surface area (Å²) in [4.78, 5) is 0. The molecule has 1 nitrogen and oxygen atoms in total. The first-order valence-electron chi connectivity index (χ1n) is 12.0. The summed E-state index contributed by atoms with van der Waals surface area (Å²) in [7, 11) is 0. The molecule has 1 fully saturated rings. The summed E-state index contributed by atoms with van der Waals surface area (Å²) in [5.41, 5.74) is 3.01. The predicted molar refractivity (Wildman–Crippen MR) is 119 cm³/mol. The number of aryl methyl sites for hydroxylation is 1. The van der Waals surface area contributed by atoms with Gasteiger partial charge in [-0.15, -0.1) is 0 Å². The zero-order valence-electron chi connectivity index (χ0n) is 18.4. The molecule has 0 atom stereocenters. The van der Waals surface area contributed by atoms with E-state index < -0.39 is 0 Å². The summed E-state index contributed by atoms with van der Waals surface area (Å²) in [5, 5.41) is 0. The Balaban J connectivity index is 1.70. The van der Waals surface area contributed by atoms with Gasteiger partial charge in [-0.1, -0.05) is 77.7 Å². The topological polar surface area (TPSA) is 9.23 Å². The van der Waals surface area contributed by atoms with Crippen molar-refractivity contribution in [2.24, 2.45) is 5.92 Å². The molecule has 0 bridgehead atoms. The summed E-state index contributed by atoms with van der Waals surface area (Å²) >= 11 is 0. The molecule has 1 aromatic rings. The second-order valence-corrected chi connectivity index (χ2v) is 8.85. The van der Waals surface area contributed by atoms with Crippen LogP contribution in [0.3, 0.4) is 0 Å². The highest BCUT2D eigenvalue weighted by molar-refractivity contribution is 5.37. The molecule has 0 aromatic heterocycles. The summed E-state index contributed by atoms with van der Waals surface area (Å²) in [6.07, 6.45) is 19.2. The molecule has 0 unspecified atom stereocenters. The van der Waals surface area contributed by atoms with Crippen molar-refractivity contribution in [1.82, 2.24) is 0 Å². The summed E-state index contributed by atoms with van der Waals surface area (Å²) in [6, 6.07) is 6.85. The van der Waals surface area contributed by atoms with E-state index in [1.165, 1.54) is 95.5 Å². The lowest BCUT2D eigenvalue weighted by molar-refractivity contribution is 0.299. The fourth-order valence-corrected chi connectivity index (χ4v) is 4.71. The third kappa shape index (κ3) is 8.28. The maximum Gasteiger partial charge on any atom is 0.119 e. The number of rotatable bonds is 13. The zero-order chi connectivity index (χ0) is 19.3. The highest BCUT2D eigenvalue weighted by atomic mass is 16.5. The summed E-state index contributed by atoms with van der Waals surface area (Å²) in [6.45, 7) is 7.73. The van der Waals surface area contributed by atoms with E-state index in [9.17, 15) is 0 Å². The Morgan fingerprint density at radius 3 is 2.19 bits per heavy atom. The lowest BCUT2D eigenvalue weighted by Gasteiger charge is -2.30.